The third kappa shape index (κ3) is 3.83. The molecule has 1 heterocycles. The summed E-state index contributed by atoms with van der Waals surface area (Å²) in [6.45, 7) is 4.15. The fourth-order valence-electron chi connectivity index (χ4n) is 1.79. The highest BCUT2D eigenvalue weighted by Gasteiger charge is 2.20. The molecule has 0 aliphatic rings. The first kappa shape index (κ1) is 13.6. The topological polar surface area (TPSA) is 38.3 Å². The van der Waals surface area contributed by atoms with Gasteiger partial charge in [0.2, 0.25) is 0 Å². The summed E-state index contributed by atoms with van der Waals surface area (Å²) < 4.78 is 5.25. The molecule has 0 fully saturated rings. The molecule has 1 aromatic carbocycles. The van der Waals surface area contributed by atoms with Crippen molar-refractivity contribution in [1.82, 2.24) is 5.32 Å². The number of ether oxygens (including phenoxy) is 1. The molecular weight excluding hydrogens is 258 g/mol. The number of nitrogens with one attached hydrogen (secondary N) is 1. The van der Waals surface area contributed by atoms with Gasteiger partial charge >= 0.3 is 6.09 Å². The predicted molar refractivity (Wildman–Crippen MR) is 77.5 cm³/mol. The highest BCUT2D eigenvalue weighted by molar-refractivity contribution is 7.10. The molecule has 2 aromatic rings. The summed E-state index contributed by atoms with van der Waals surface area (Å²) in [5.74, 6) is 0.857. The Morgan fingerprint density at radius 3 is 2.47 bits per heavy atom. The van der Waals surface area contributed by atoms with Crippen LogP contribution >= 0.6 is 11.3 Å². The minimum absolute atomic E-state index is 0.0174. The SMILES string of the molecule is CC(C)C(NC(=O)Oc1ccccc1)c1cccs1. The summed E-state index contributed by atoms with van der Waals surface area (Å²) in [7, 11) is 0. The number of carbonyl (C=O) groups excluding carboxylic acids is 1. The van der Waals surface area contributed by atoms with Gasteiger partial charge in [0.25, 0.3) is 0 Å². The number of hydrogen-bond donors (Lipinski definition) is 1. The first-order valence-corrected chi connectivity index (χ1v) is 7.11. The Morgan fingerprint density at radius 2 is 1.89 bits per heavy atom. The van der Waals surface area contributed by atoms with Gasteiger partial charge in [-0.3, -0.25) is 0 Å². The molecule has 0 spiro atoms. The third-order valence-electron chi connectivity index (χ3n) is 2.74. The van der Waals surface area contributed by atoms with E-state index in [1.54, 1.807) is 23.5 Å². The van der Waals surface area contributed by atoms with Crippen molar-refractivity contribution in [1.29, 1.82) is 0 Å². The van der Waals surface area contributed by atoms with Crippen LogP contribution in [0.4, 0.5) is 4.79 Å². The quantitative estimate of drug-likeness (QED) is 0.906. The van der Waals surface area contributed by atoms with Gasteiger partial charge in [-0.05, 0) is 29.5 Å². The highest BCUT2D eigenvalue weighted by atomic mass is 32.1. The number of thiophene rings is 1. The van der Waals surface area contributed by atoms with Gasteiger partial charge in [-0.15, -0.1) is 11.3 Å². The second-order valence-electron chi connectivity index (χ2n) is 4.58. The lowest BCUT2D eigenvalue weighted by atomic mass is 10.0. The minimum Gasteiger partial charge on any atom is -0.410 e. The van der Waals surface area contributed by atoms with Gasteiger partial charge < -0.3 is 10.1 Å². The van der Waals surface area contributed by atoms with Gasteiger partial charge in [0.1, 0.15) is 5.75 Å². The van der Waals surface area contributed by atoms with Gasteiger partial charge in [0, 0.05) is 4.88 Å². The van der Waals surface area contributed by atoms with Crippen molar-refractivity contribution in [2.24, 2.45) is 5.92 Å². The maximum Gasteiger partial charge on any atom is 0.413 e. The molecule has 0 saturated carbocycles. The zero-order valence-corrected chi connectivity index (χ0v) is 11.8. The highest BCUT2D eigenvalue weighted by Crippen LogP contribution is 2.25. The van der Waals surface area contributed by atoms with Crippen LogP contribution < -0.4 is 10.1 Å². The summed E-state index contributed by atoms with van der Waals surface area (Å²) in [5.41, 5.74) is 0. The molecule has 0 bridgehead atoms. The van der Waals surface area contributed by atoms with Crippen molar-refractivity contribution in [3.63, 3.8) is 0 Å². The molecule has 2 rings (SSSR count). The van der Waals surface area contributed by atoms with Crippen LogP contribution in [0.2, 0.25) is 0 Å². The number of hydrogen-bond acceptors (Lipinski definition) is 3. The van der Waals surface area contributed by atoms with E-state index >= 15 is 0 Å². The molecule has 1 atom stereocenters. The second-order valence-corrected chi connectivity index (χ2v) is 5.56. The monoisotopic (exact) mass is 275 g/mol. The maximum absolute atomic E-state index is 11.9. The molecule has 19 heavy (non-hydrogen) atoms. The Bertz CT molecular complexity index is 508. The van der Waals surface area contributed by atoms with Crippen molar-refractivity contribution in [2.75, 3.05) is 0 Å². The molecule has 1 N–H and O–H groups in total. The fourth-order valence-corrected chi connectivity index (χ4v) is 2.74. The second kappa shape index (κ2) is 6.38. The molecule has 100 valence electrons. The van der Waals surface area contributed by atoms with E-state index in [-0.39, 0.29) is 6.04 Å². The molecular formula is C15H17NO2S. The van der Waals surface area contributed by atoms with Crippen molar-refractivity contribution < 1.29 is 9.53 Å². The Balaban J connectivity index is 2.00. The molecule has 0 aliphatic heterocycles. The molecule has 4 heteroatoms. The van der Waals surface area contributed by atoms with E-state index in [0.29, 0.717) is 11.7 Å². The smallest absolute Gasteiger partial charge is 0.410 e. The van der Waals surface area contributed by atoms with E-state index in [1.807, 2.05) is 35.7 Å². The molecule has 0 aliphatic carbocycles. The number of carbonyl (C=O) groups is 1. The normalized spacial score (nSPS) is 12.2. The Labute approximate surface area is 117 Å². The van der Waals surface area contributed by atoms with Crippen LogP contribution in [0, 0.1) is 5.92 Å². The van der Waals surface area contributed by atoms with Crippen LogP contribution in [0.25, 0.3) is 0 Å². The van der Waals surface area contributed by atoms with Crippen LogP contribution in [-0.4, -0.2) is 6.09 Å². The summed E-state index contributed by atoms with van der Waals surface area (Å²) >= 11 is 1.64. The van der Waals surface area contributed by atoms with E-state index in [2.05, 4.69) is 19.2 Å². The maximum atomic E-state index is 11.9. The lowest BCUT2D eigenvalue weighted by Crippen LogP contribution is -2.33. The van der Waals surface area contributed by atoms with Crippen molar-refractivity contribution in [3.05, 3.63) is 52.7 Å². The zero-order valence-electron chi connectivity index (χ0n) is 11.0. The zero-order chi connectivity index (χ0) is 13.7. The van der Waals surface area contributed by atoms with E-state index in [9.17, 15) is 4.79 Å². The number of rotatable bonds is 4. The molecule has 0 saturated heterocycles. The summed E-state index contributed by atoms with van der Waals surface area (Å²) in [6, 6.07) is 13.1. The third-order valence-corrected chi connectivity index (χ3v) is 3.70. The molecule has 0 radical (unpaired) electrons. The minimum atomic E-state index is -0.418. The number of para-hydroxylation sites is 1. The van der Waals surface area contributed by atoms with Crippen LogP contribution in [0.3, 0.4) is 0 Å². The Kier molecular flexibility index (Phi) is 4.58. The van der Waals surface area contributed by atoms with E-state index in [0.717, 1.165) is 4.88 Å². The Morgan fingerprint density at radius 1 is 1.16 bits per heavy atom. The standard InChI is InChI=1S/C15H17NO2S/c1-11(2)14(13-9-6-10-19-13)16-15(17)18-12-7-4-3-5-8-12/h3-11,14H,1-2H3,(H,16,17). The van der Waals surface area contributed by atoms with Gasteiger partial charge in [-0.2, -0.15) is 0 Å². The average molecular weight is 275 g/mol. The predicted octanol–water partition coefficient (Wildman–Crippen LogP) is 4.23. The van der Waals surface area contributed by atoms with Gasteiger partial charge in [0.05, 0.1) is 6.04 Å². The summed E-state index contributed by atoms with van der Waals surface area (Å²) in [4.78, 5) is 13.0. The van der Waals surface area contributed by atoms with Crippen LogP contribution in [0.1, 0.15) is 24.8 Å². The van der Waals surface area contributed by atoms with Gasteiger partial charge in [0.15, 0.2) is 0 Å². The fraction of sp³-hybridized carbons (Fsp3) is 0.267. The van der Waals surface area contributed by atoms with Crippen molar-refractivity contribution >= 4 is 17.4 Å². The molecule has 1 aromatic heterocycles. The first-order chi connectivity index (χ1) is 9.16. The lowest BCUT2D eigenvalue weighted by Gasteiger charge is -2.20. The average Bonchev–Trinajstić information content (AvgIpc) is 2.90. The number of benzene rings is 1. The van der Waals surface area contributed by atoms with Gasteiger partial charge in [-0.25, -0.2) is 4.79 Å². The first-order valence-electron chi connectivity index (χ1n) is 6.23. The largest absolute Gasteiger partial charge is 0.413 e. The van der Waals surface area contributed by atoms with Crippen LogP contribution in [-0.2, 0) is 0 Å². The van der Waals surface area contributed by atoms with E-state index in [4.69, 9.17) is 4.74 Å². The molecule has 1 amide bonds. The molecule has 1 unspecified atom stereocenters. The van der Waals surface area contributed by atoms with Crippen molar-refractivity contribution in [2.45, 2.75) is 19.9 Å². The lowest BCUT2D eigenvalue weighted by molar-refractivity contribution is 0.192. The summed E-state index contributed by atoms with van der Waals surface area (Å²) in [5, 5.41) is 4.93. The van der Waals surface area contributed by atoms with Crippen LogP contribution in [0.15, 0.2) is 47.8 Å². The summed E-state index contributed by atoms with van der Waals surface area (Å²) in [6.07, 6.45) is -0.418. The number of amides is 1. The molecule has 3 nitrogen and oxygen atoms in total. The van der Waals surface area contributed by atoms with E-state index < -0.39 is 6.09 Å². The van der Waals surface area contributed by atoms with Crippen LogP contribution in [0.5, 0.6) is 5.75 Å². The van der Waals surface area contributed by atoms with E-state index in [1.165, 1.54) is 0 Å². The van der Waals surface area contributed by atoms with Gasteiger partial charge in [-0.1, -0.05) is 38.1 Å². The Hall–Kier alpha value is -1.81. The van der Waals surface area contributed by atoms with Crippen molar-refractivity contribution in [3.8, 4) is 5.75 Å².